The van der Waals surface area contributed by atoms with Crippen LogP contribution in [0.1, 0.15) is 55.2 Å². The van der Waals surface area contributed by atoms with Crippen LogP contribution in [0.2, 0.25) is 0 Å². The number of piperidine rings is 1. The van der Waals surface area contributed by atoms with Crippen molar-refractivity contribution in [2.75, 3.05) is 13.1 Å². The number of aromatic nitrogens is 1. The van der Waals surface area contributed by atoms with Crippen LogP contribution in [0.25, 0.3) is 0 Å². The quantitative estimate of drug-likeness (QED) is 0.624. The topological polar surface area (TPSA) is 98.2 Å². The molecule has 1 aliphatic heterocycles. The maximum Gasteiger partial charge on any atom is 0.528 e. The highest BCUT2D eigenvalue weighted by Gasteiger charge is 2.25. The second-order valence-electron chi connectivity index (χ2n) is 9.00. The standard InChI is InChI=1S/C24H30N2O6/c1-16-5-6-18(22(27)28)14-21(16)30-20-7-10-25-19(15-20)13-17-8-11-26(12-9-17)32-23(29)31-24(2,3)4/h5-7,10,14-15,17H,8-9,11-13H2,1-4H3,(H,27,28). The average Bonchev–Trinajstić information content (AvgIpc) is 2.70. The third kappa shape index (κ3) is 6.95. The average molecular weight is 443 g/mol. The van der Waals surface area contributed by atoms with E-state index in [-0.39, 0.29) is 5.56 Å². The second-order valence-corrected chi connectivity index (χ2v) is 9.00. The van der Waals surface area contributed by atoms with E-state index in [4.69, 9.17) is 14.3 Å². The van der Waals surface area contributed by atoms with E-state index in [1.807, 2.05) is 13.0 Å². The molecular weight excluding hydrogens is 412 g/mol. The van der Waals surface area contributed by atoms with Gasteiger partial charge in [0.05, 0.1) is 5.56 Å². The lowest BCUT2D eigenvalue weighted by atomic mass is 9.93. The van der Waals surface area contributed by atoms with Crippen LogP contribution in [-0.2, 0) is 16.0 Å². The number of pyridine rings is 1. The van der Waals surface area contributed by atoms with Gasteiger partial charge in [-0.2, -0.15) is 0 Å². The number of hydrogen-bond acceptors (Lipinski definition) is 7. The highest BCUT2D eigenvalue weighted by molar-refractivity contribution is 5.88. The number of hydrogen-bond donors (Lipinski definition) is 1. The van der Waals surface area contributed by atoms with Gasteiger partial charge in [-0.1, -0.05) is 6.07 Å². The zero-order valence-corrected chi connectivity index (χ0v) is 19.0. The van der Waals surface area contributed by atoms with Crippen molar-refractivity contribution in [3.05, 3.63) is 53.3 Å². The van der Waals surface area contributed by atoms with Crippen LogP contribution in [-0.4, -0.2) is 46.0 Å². The first-order valence-corrected chi connectivity index (χ1v) is 10.7. The van der Waals surface area contributed by atoms with Gasteiger partial charge in [0.2, 0.25) is 0 Å². The molecule has 0 unspecified atom stereocenters. The summed E-state index contributed by atoms with van der Waals surface area (Å²) in [6.45, 7) is 8.55. The second kappa shape index (κ2) is 9.99. The van der Waals surface area contributed by atoms with Crippen molar-refractivity contribution >= 4 is 12.1 Å². The van der Waals surface area contributed by atoms with E-state index in [9.17, 15) is 14.7 Å². The molecule has 0 bridgehead atoms. The molecule has 1 fully saturated rings. The van der Waals surface area contributed by atoms with Crippen LogP contribution in [0, 0.1) is 12.8 Å². The molecule has 0 atom stereocenters. The first-order valence-electron chi connectivity index (χ1n) is 10.7. The van der Waals surface area contributed by atoms with Crippen LogP contribution in [0.3, 0.4) is 0 Å². The van der Waals surface area contributed by atoms with Gasteiger partial charge < -0.3 is 19.4 Å². The highest BCUT2D eigenvalue weighted by atomic mass is 16.8. The number of benzene rings is 1. The molecule has 1 aliphatic rings. The molecule has 3 rings (SSSR count). The number of carbonyl (C=O) groups excluding carboxylic acids is 1. The lowest BCUT2D eigenvalue weighted by Gasteiger charge is -2.30. The molecule has 1 N–H and O–H groups in total. The fourth-order valence-corrected chi connectivity index (χ4v) is 3.48. The minimum absolute atomic E-state index is 0.181. The minimum Gasteiger partial charge on any atom is -0.478 e. The number of carboxylic acids is 1. The Kier molecular flexibility index (Phi) is 7.35. The number of hydroxylamine groups is 2. The normalized spacial score (nSPS) is 15.2. The summed E-state index contributed by atoms with van der Waals surface area (Å²) in [5.74, 6) is 0.543. The summed E-state index contributed by atoms with van der Waals surface area (Å²) < 4.78 is 11.1. The molecule has 0 amide bonds. The van der Waals surface area contributed by atoms with Gasteiger partial charge in [-0.05, 0) is 76.6 Å². The minimum atomic E-state index is -0.993. The lowest BCUT2D eigenvalue weighted by molar-refractivity contribution is -0.155. The van der Waals surface area contributed by atoms with Crippen molar-refractivity contribution in [3.8, 4) is 11.5 Å². The largest absolute Gasteiger partial charge is 0.528 e. The van der Waals surface area contributed by atoms with E-state index >= 15 is 0 Å². The number of aromatic carboxylic acids is 1. The first-order chi connectivity index (χ1) is 15.1. The van der Waals surface area contributed by atoms with Crippen molar-refractivity contribution in [1.29, 1.82) is 0 Å². The predicted octanol–water partition coefficient (Wildman–Crippen LogP) is 5.00. The zero-order valence-electron chi connectivity index (χ0n) is 19.0. The van der Waals surface area contributed by atoms with E-state index in [0.29, 0.717) is 30.5 Å². The predicted molar refractivity (Wildman–Crippen MR) is 118 cm³/mol. The maximum absolute atomic E-state index is 11.8. The summed E-state index contributed by atoms with van der Waals surface area (Å²) in [7, 11) is 0. The molecule has 172 valence electrons. The van der Waals surface area contributed by atoms with Crippen LogP contribution in [0.15, 0.2) is 36.5 Å². The Hall–Kier alpha value is -3.13. The molecular formula is C24H30N2O6. The monoisotopic (exact) mass is 442 g/mol. The van der Waals surface area contributed by atoms with Gasteiger partial charge in [-0.3, -0.25) is 4.98 Å². The van der Waals surface area contributed by atoms with Gasteiger partial charge in [0.1, 0.15) is 17.1 Å². The van der Waals surface area contributed by atoms with Crippen molar-refractivity contribution < 1.29 is 29.0 Å². The number of carboxylic acid groups (broad SMARTS) is 1. The van der Waals surface area contributed by atoms with Crippen LogP contribution in [0.4, 0.5) is 4.79 Å². The summed E-state index contributed by atoms with van der Waals surface area (Å²) in [6, 6.07) is 8.46. The van der Waals surface area contributed by atoms with Gasteiger partial charge in [-0.15, -0.1) is 5.06 Å². The lowest BCUT2D eigenvalue weighted by Crippen LogP contribution is -2.38. The Bertz CT molecular complexity index is 961. The molecule has 32 heavy (non-hydrogen) atoms. The molecule has 1 saturated heterocycles. The summed E-state index contributed by atoms with van der Waals surface area (Å²) in [5, 5.41) is 10.9. The Morgan fingerprint density at radius 1 is 1.16 bits per heavy atom. The molecule has 0 radical (unpaired) electrons. The van der Waals surface area contributed by atoms with Crippen molar-refractivity contribution in [2.45, 2.75) is 52.6 Å². The molecule has 2 aromatic rings. The summed E-state index contributed by atoms with van der Waals surface area (Å²) in [4.78, 5) is 32.8. The van der Waals surface area contributed by atoms with Crippen LogP contribution < -0.4 is 4.74 Å². The molecule has 1 aromatic heterocycles. The van der Waals surface area contributed by atoms with E-state index in [1.165, 1.54) is 6.07 Å². The van der Waals surface area contributed by atoms with Crippen LogP contribution in [0.5, 0.6) is 11.5 Å². The third-order valence-electron chi connectivity index (χ3n) is 5.12. The van der Waals surface area contributed by atoms with Crippen molar-refractivity contribution in [1.82, 2.24) is 10.0 Å². The van der Waals surface area contributed by atoms with Gasteiger partial charge >= 0.3 is 12.1 Å². The van der Waals surface area contributed by atoms with Gasteiger partial charge in [0.15, 0.2) is 0 Å². The number of aryl methyl sites for hydroxylation is 1. The van der Waals surface area contributed by atoms with E-state index in [2.05, 4.69) is 4.98 Å². The number of nitrogens with zero attached hydrogens (tertiary/aromatic N) is 2. The molecule has 1 aromatic carbocycles. The number of ether oxygens (including phenoxy) is 2. The van der Waals surface area contributed by atoms with Crippen LogP contribution >= 0.6 is 0 Å². The molecule has 0 aliphatic carbocycles. The van der Waals surface area contributed by atoms with Crippen molar-refractivity contribution in [2.24, 2.45) is 5.92 Å². The maximum atomic E-state index is 11.8. The molecule has 8 nitrogen and oxygen atoms in total. The Labute approximate surface area is 188 Å². The molecule has 0 spiro atoms. The fraction of sp³-hybridized carbons (Fsp3) is 0.458. The molecule has 2 heterocycles. The van der Waals surface area contributed by atoms with E-state index < -0.39 is 17.7 Å². The van der Waals surface area contributed by atoms with E-state index in [0.717, 1.165) is 30.5 Å². The Morgan fingerprint density at radius 2 is 1.88 bits per heavy atom. The van der Waals surface area contributed by atoms with Crippen molar-refractivity contribution in [3.63, 3.8) is 0 Å². The first kappa shape index (κ1) is 23.5. The van der Waals surface area contributed by atoms with E-state index in [1.54, 1.807) is 50.2 Å². The summed E-state index contributed by atoms with van der Waals surface area (Å²) in [6.07, 6.45) is 3.54. The number of rotatable bonds is 6. The van der Waals surface area contributed by atoms with Gasteiger partial charge in [-0.25, -0.2) is 9.59 Å². The van der Waals surface area contributed by atoms with Gasteiger partial charge in [0, 0.05) is 31.0 Å². The third-order valence-corrected chi connectivity index (χ3v) is 5.12. The Balaban J connectivity index is 1.54. The highest BCUT2D eigenvalue weighted by Crippen LogP contribution is 2.28. The van der Waals surface area contributed by atoms with Gasteiger partial charge in [0.25, 0.3) is 0 Å². The zero-order chi connectivity index (χ0) is 23.3. The smallest absolute Gasteiger partial charge is 0.478 e. The SMILES string of the molecule is Cc1ccc(C(=O)O)cc1Oc1ccnc(CC2CCN(OC(=O)OC(C)(C)C)CC2)c1. The summed E-state index contributed by atoms with van der Waals surface area (Å²) in [5.41, 5.74) is 1.36. The summed E-state index contributed by atoms with van der Waals surface area (Å²) >= 11 is 0. The molecule has 8 heteroatoms. The Morgan fingerprint density at radius 3 is 2.53 bits per heavy atom. The molecule has 0 saturated carbocycles. The number of carbonyl (C=O) groups is 2. The fourth-order valence-electron chi connectivity index (χ4n) is 3.48.